The molecule has 0 spiro atoms. The number of hydrogen-bond acceptors (Lipinski definition) is 2. The quantitative estimate of drug-likeness (QED) is 0.573. The van der Waals surface area contributed by atoms with E-state index >= 15 is 0 Å². The van der Waals surface area contributed by atoms with Crippen LogP contribution in [0.4, 0.5) is 4.79 Å². The second-order valence-corrected chi connectivity index (χ2v) is 4.06. The van der Waals surface area contributed by atoms with Gasteiger partial charge in [0.1, 0.15) is 0 Å². The topological polar surface area (TPSA) is 61.4 Å². The van der Waals surface area contributed by atoms with Crippen LogP contribution in [0.15, 0.2) is 0 Å². The maximum Gasteiger partial charge on any atom is 0.315 e. The van der Waals surface area contributed by atoms with E-state index < -0.39 is 0 Å². The van der Waals surface area contributed by atoms with Gasteiger partial charge in [0.25, 0.3) is 0 Å². The summed E-state index contributed by atoms with van der Waals surface area (Å²) in [4.78, 5) is 11.1. The number of hydrogen-bond donors (Lipinski definition) is 3. The summed E-state index contributed by atoms with van der Waals surface area (Å²) in [6, 6.07) is -0.148. The lowest BCUT2D eigenvalue weighted by Gasteiger charge is -2.20. The summed E-state index contributed by atoms with van der Waals surface area (Å²) in [5.41, 5.74) is -0.193. The molecule has 0 aromatic rings. The molecule has 0 fully saturated rings. The summed E-state index contributed by atoms with van der Waals surface area (Å²) >= 11 is 0. The van der Waals surface area contributed by atoms with Gasteiger partial charge in [0, 0.05) is 18.7 Å². The van der Waals surface area contributed by atoms with E-state index in [0.29, 0.717) is 6.54 Å². The van der Waals surface area contributed by atoms with E-state index in [1.807, 2.05) is 20.8 Å². The molecule has 4 heteroatoms. The summed E-state index contributed by atoms with van der Waals surface area (Å²) in [6.45, 7) is 6.59. The molecule has 0 aromatic heterocycles. The normalized spacial score (nSPS) is 11.1. The Kier molecular flexibility index (Phi) is 5.46. The summed E-state index contributed by atoms with van der Waals surface area (Å²) in [7, 11) is 0. The number of rotatable bonds is 4. The molecule has 0 radical (unpaired) electrons. The predicted molar refractivity (Wildman–Crippen MR) is 52.6 cm³/mol. The third-order valence-electron chi connectivity index (χ3n) is 1.36. The highest BCUT2D eigenvalue weighted by molar-refractivity contribution is 5.74. The standard InChI is InChI=1S/C9H20N2O2/c1-9(2,3)11-8(13)10-6-4-5-7-12/h12H,4-7H2,1-3H3,(H2,10,11,13). The van der Waals surface area contributed by atoms with Crippen molar-refractivity contribution in [3.05, 3.63) is 0 Å². The van der Waals surface area contributed by atoms with Crippen molar-refractivity contribution in [2.45, 2.75) is 39.2 Å². The van der Waals surface area contributed by atoms with Gasteiger partial charge >= 0.3 is 6.03 Å². The van der Waals surface area contributed by atoms with Crippen molar-refractivity contribution < 1.29 is 9.90 Å². The second kappa shape index (κ2) is 5.80. The maximum absolute atomic E-state index is 11.1. The minimum Gasteiger partial charge on any atom is -0.396 e. The average molecular weight is 188 g/mol. The highest BCUT2D eigenvalue weighted by Gasteiger charge is 2.12. The molecular weight excluding hydrogens is 168 g/mol. The van der Waals surface area contributed by atoms with Gasteiger partial charge in [-0.05, 0) is 33.6 Å². The predicted octanol–water partition coefficient (Wildman–Crippen LogP) is 0.857. The Hall–Kier alpha value is -0.770. The monoisotopic (exact) mass is 188 g/mol. The Bertz CT molecular complexity index is 152. The first-order valence-corrected chi connectivity index (χ1v) is 4.62. The fraction of sp³-hybridized carbons (Fsp3) is 0.889. The molecule has 4 nitrogen and oxygen atoms in total. The maximum atomic E-state index is 11.1. The van der Waals surface area contributed by atoms with E-state index in [1.165, 1.54) is 0 Å². The molecule has 0 aliphatic rings. The van der Waals surface area contributed by atoms with Crippen LogP contribution in [0, 0.1) is 0 Å². The van der Waals surface area contributed by atoms with Gasteiger partial charge in [-0.1, -0.05) is 0 Å². The lowest BCUT2D eigenvalue weighted by molar-refractivity contribution is 0.230. The van der Waals surface area contributed by atoms with E-state index in [9.17, 15) is 4.79 Å². The smallest absolute Gasteiger partial charge is 0.315 e. The number of amides is 2. The molecule has 2 amide bonds. The lowest BCUT2D eigenvalue weighted by atomic mass is 10.1. The van der Waals surface area contributed by atoms with Crippen LogP contribution in [-0.2, 0) is 0 Å². The Balaban J connectivity index is 3.41. The number of nitrogens with one attached hydrogen (secondary N) is 2. The Labute approximate surface area is 79.7 Å². The van der Waals surface area contributed by atoms with Crippen molar-refractivity contribution in [1.82, 2.24) is 10.6 Å². The van der Waals surface area contributed by atoms with Crippen molar-refractivity contribution >= 4 is 6.03 Å². The van der Waals surface area contributed by atoms with E-state index in [0.717, 1.165) is 12.8 Å². The summed E-state index contributed by atoms with van der Waals surface area (Å²) in [6.07, 6.45) is 1.55. The fourth-order valence-electron chi connectivity index (χ4n) is 0.824. The molecule has 0 atom stereocenters. The molecule has 0 unspecified atom stereocenters. The summed E-state index contributed by atoms with van der Waals surface area (Å²) in [5.74, 6) is 0. The van der Waals surface area contributed by atoms with Crippen molar-refractivity contribution in [3.8, 4) is 0 Å². The molecule has 13 heavy (non-hydrogen) atoms. The van der Waals surface area contributed by atoms with E-state index in [-0.39, 0.29) is 18.2 Å². The van der Waals surface area contributed by atoms with Crippen LogP contribution in [0.3, 0.4) is 0 Å². The van der Waals surface area contributed by atoms with Crippen LogP contribution in [0.1, 0.15) is 33.6 Å². The van der Waals surface area contributed by atoms with Crippen LogP contribution < -0.4 is 10.6 Å². The number of carbonyl (C=O) groups is 1. The summed E-state index contributed by atoms with van der Waals surface area (Å²) < 4.78 is 0. The zero-order valence-corrected chi connectivity index (χ0v) is 8.68. The molecule has 0 aliphatic carbocycles. The number of unbranched alkanes of at least 4 members (excludes halogenated alkanes) is 1. The van der Waals surface area contributed by atoms with Crippen molar-refractivity contribution in [2.24, 2.45) is 0 Å². The molecular formula is C9H20N2O2. The number of aliphatic hydroxyl groups is 1. The molecule has 0 rings (SSSR count). The molecule has 78 valence electrons. The van der Waals surface area contributed by atoms with Crippen LogP contribution in [0.25, 0.3) is 0 Å². The molecule has 0 aromatic carbocycles. The minimum atomic E-state index is -0.193. The first-order valence-electron chi connectivity index (χ1n) is 4.62. The molecule has 0 aliphatic heterocycles. The Morgan fingerprint density at radius 2 is 1.92 bits per heavy atom. The third kappa shape index (κ3) is 9.14. The van der Waals surface area contributed by atoms with Gasteiger partial charge in [-0.25, -0.2) is 4.79 Å². The largest absolute Gasteiger partial charge is 0.396 e. The highest BCUT2D eigenvalue weighted by Crippen LogP contribution is 1.97. The summed E-state index contributed by atoms with van der Waals surface area (Å²) in [5, 5.41) is 14.0. The second-order valence-electron chi connectivity index (χ2n) is 4.06. The van der Waals surface area contributed by atoms with Crippen LogP contribution >= 0.6 is 0 Å². The average Bonchev–Trinajstić information content (AvgIpc) is 1.94. The van der Waals surface area contributed by atoms with E-state index in [2.05, 4.69) is 10.6 Å². The zero-order chi connectivity index (χ0) is 10.3. The molecule has 3 N–H and O–H groups in total. The zero-order valence-electron chi connectivity index (χ0n) is 8.68. The van der Waals surface area contributed by atoms with E-state index in [4.69, 9.17) is 5.11 Å². The highest BCUT2D eigenvalue weighted by atomic mass is 16.2. The fourth-order valence-corrected chi connectivity index (χ4v) is 0.824. The molecule has 0 saturated carbocycles. The van der Waals surface area contributed by atoms with Crippen LogP contribution in [0.2, 0.25) is 0 Å². The number of urea groups is 1. The SMILES string of the molecule is CC(C)(C)NC(=O)NCCCCO. The number of aliphatic hydroxyl groups excluding tert-OH is 1. The first kappa shape index (κ1) is 12.2. The molecule has 0 saturated heterocycles. The first-order chi connectivity index (χ1) is 5.95. The van der Waals surface area contributed by atoms with Crippen molar-refractivity contribution in [1.29, 1.82) is 0 Å². The van der Waals surface area contributed by atoms with E-state index in [1.54, 1.807) is 0 Å². The van der Waals surface area contributed by atoms with Gasteiger partial charge < -0.3 is 15.7 Å². The van der Waals surface area contributed by atoms with Crippen LogP contribution in [0.5, 0.6) is 0 Å². The van der Waals surface area contributed by atoms with Gasteiger partial charge in [0.05, 0.1) is 0 Å². The van der Waals surface area contributed by atoms with Crippen molar-refractivity contribution in [2.75, 3.05) is 13.2 Å². The third-order valence-corrected chi connectivity index (χ3v) is 1.36. The lowest BCUT2D eigenvalue weighted by Crippen LogP contribution is -2.46. The van der Waals surface area contributed by atoms with Gasteiger partial charge in [0.15, 0.2) is 0 Å². The Morgan fingerprint density at radius 3 is 2.38 bits per heavy atom. The van der Waals surface area contributed by atoms with Crippen molar-refractivity contribution in [3.63, 3.8) is 0 Å². The number of carbonyl (C=O) groups excluding carboxylic acids is 1. The molecule has 0 heterocycles. The molecule has 0 bridgehead atoms. The van der Waals surface area contributed by atoms with Gasteiger partial charge in [0.2, 0.25) is 0 Å². The Morgan fingerprint density at radius 1 is 1.31 bits per heavy atom. The van der Waals surface area contributed by atoms with Gasteiger partial charge in [-0.15, -0.1) is 0 Å². The van der Waals surface area contributed by atoms with Crippen LogP contribution in [-0.4, -0.2) is 29.8 Å². The minimum absolute atomic E-state index is 0.148. The van der Waals surface area contributed by atoms with Gasteiger partial charge in [-0.3, -0.25) is 0 Å². The van der Waals surface area contributed by atoms with Gasteiger partial charge in [-0.2, -0.15) is 0 Å².